The number of aromatic nitrogens is 4. The molecule has 0 radical (unpaired) electrons. The molecule has 102 heavy (non-hydrogen) atoms. The molecule has 2 heterocycles. The van der Waals surface area contributed by atoms with Crippen molar-refractivity contribution in [2.24, 2.45) is 0 Å². The lowest BCUT2D eigenvalue weighted by atomic mass is 9.67. The average molecular weight is 1310 g/mol. The fourth-order valence-electron chi connectivity index (χ4n) is 15.2. The third-order valence-corrected chi connectivity index (χ3v) is 19.5. The van der Waals surface area contributed by atoms with Crippen molar-refractivity contribution >= 4 is 90.1 Å². The van der Waals surface area contributed by atoms with E-state index in [0.717, 1.165) is 135 Å². The van der Waals surface area contributed by atoms with Gasteiger partial charge in [-0.1, -0.05) is 249 Å². The first kappa shape index (κ1) is 60.7. The molecule has 0 amide bonds. The molecule has 18 rings (SSSR count). The van der Waals surface area contributed by atoms with E-state index in [2.05, 4.69) is 388 Å². The molecule has 1 aliphatic carbocycles. The maximum absolute atomic E-state index is 5.46. The zero-order valence-corrected chi connectivity index (χ0v) is 55.7. The van der Waals surface area contributed by atoms with Crippen molar-refractivity contribution in [1.82, 2.24) is 19.5 Å². The summed E-state index contributed by atoms with van der Waals surface area (Å²) in [6, 6.07) is 144. The number of anilines is 12. The van der Waals surface area contributed by atoms with Gasteiger partial charge < -0.3 is 19.6 Å². The molecule has 1 aliphatic rings. The van der Waals surface area contributed by atoms with Gasteiger partial charge in [0.25, 0.3) is 0 Å². The van der Waals surface area contributed by atoms with Crippen molar-refractivity contribution in [2.45, 2.75) is 5.41 Å². The highest BCUT2D eigenvalue weighted by molar-refractivity contribution is 6.12. The lowest BCUT2D eigenvalue weighted by Crippen LogP contribution is -2.30. The Morgan fingerprint density at radius 3 is 0.873 bits per heavy atom. The molecule has 17 aromatic rings. The standard InChI is InChI=1S/C94H66N8/c1-11-35-67(36-12-1)91-95-92(68-37-13-2-14-38-68)97-93(96-91)102-89-58-34-32-56-84(89)86-65-88-85(66-90(86)102)83-55-31-33-57-87(83)94(88,69-59-79(98(71-39-15-3-16-40-71)72-41-17-4-18-42-72)63-80(60-69)99(73-43-19-5-20-44-73)74-45-21-6-22-46-74)70-61-81(100(75-47-23-7-24-48-75)76-49-25-8-26-50-76)64-82(62-70)101(77-51-27-9-28-52-77)78-53-29-10-30-54-78/h1-66H. The summed E-state index contributed by atoms with van der Waals surface area (Å²) in [5, 5.41) is 2.11. The molecule has 0 saturated heterocycles. The largest absolute Gasteiger partial charge is 0.310 e. The number of rotatable bonds is 17. The molecule has 0 spiro atoms. The molecular formula is C94H66N8. The van der Waals surface area contributed by atoms with Gasteiger partial charge in [0.15, 0.2) is 11.6 Å². The molecule has 8 nitrogen and oxygen atoms in total. The fourth-order valence-corrected chi connectivity index (χ4v) is 15.2. The van der Waals surface area contributed by atoms with Gasteiger partial charge in [-0.25, -0.2) is 4.98 Å². The van der Waals surface area contributed by atoms with Gasteiger partial charge >= 0.3 is 0 Å². The Kier molecular flexibility index (Phi) is 15.6. The van der Waals surface area contributed by atoms with Crippen LogP contribution in [0.2, 0.25) is 0 Å². The summed E-state index contributed by atoms with van der Waals surface area (Å²) in [6.07, 6.45) is 0. The minimum atomic E-state index is -1.12. The quantitative estimate of drug-likeness (QED) is 0.0900. The summed E-state index contributed by atoms with van der Waals surface area (Å²) >= 11 is 0. The predicted octanol–water partition coefficient (Wildman–Crippen LogP) is 24.5. The molecule has 482 valence electrons. The maximum Gasteiger partial charge on any atom is 0.238 e. The Morgan fingerprint density at radius 2 is 0.520 bits per heavy atom. The van der Waals surface area contributed by atoms with Crippen LogP contribution in [0.1, 0.15) is 22.3 Å². The van der Waals surface area contributed by atoms with Crippen LogP contribution in [-0.4, -0.2) is 19.5 Å². The third kappa shape index (κ3) is 10.9. The summed E-state index contributed by atoms with van der Waals surface area (Å²) in [6.45, 7) is 0. The Bertz CT molecular complexity index is 5180. The summed E-state index contributed by atoms with van der Waals surface area (Å²) < 4.78 is 2.26. The molecule has 8 heteroatoms. The van der Waals surface area contributed by atoms with Crippen molar-refractivity contribution in [2.75, 3.05) is 19.6 Å². The molecule has 0 atom stereocenters. The second-order valence-electron chi connectivity index (χ2n) is 25.6. The van der Waals surface area contributed by atoms with Crippen molar-refractivity contribution in [3.8, 4) is 39.9 Å². The number of nitrogens with zero attached hydrogens (tertiary/aromatic N) is 8. The van der Waals surface area contributed by atoms with Gasteiger partial charge in [0.05, 0.1) is 16.4 Å². The van der Waals surface area contributed by atoms with E-state index in [1.54, 1.807) is 0 Å². The highest BCUT2D eigenvalue weighted by Crippen LogP contribution is 2.61. The van der Waals surface area contributed by atoms with Crippen LogP contribution in [0, 0.1) is 0 Å². The zero-order chi connectivity index (χ0) is 67.8. The smallest absolute Gasteiger partial charge is 0.238 e. The van der Waals surface area contributed by atoms with Gasteiger partial charge in [0, 0.05) is 90.1 Å². The molecule has 0 aliphatic heterocycles. The van der Waals surface area contributed by atoms with Crippen LogP contribution in [-0.2, 0) is 5.41 Å². The van der Waals surface area contributed by atoms with Gasteiger partial charge in [-0.3, -0.25) is 4.57 Å². The maximum atomic E-state index is 5.46. The minimum absolute atomic E-state index is 0.522. The van der Waals surface area contributed by atoms with Crippen molar-refractivity contribution in [3.63, 3.8) is 0 Å². The lowest BCUT2D eigenvalue weighted by molar-refractivity contribution is 0.769. The second kappa shape index (κ2) is 26.3. The first-order valence-corrected chi connectivity index (χ1v) is 34.6. The highest BCUT2D eigenvalue weighted by Gasteiger charge is 2.48. The average Bonchev–Trinajstić information content (AvgIpc) is 1.51. The Hall–Kier alpha value is -13.7. The van der Waals surface area contributed by atoms with E-state index in [1.165, 1.54) is 0 Å². The van der Waals surface area contributed by atoms with Crippen LogP contribution in [0.5, 0.6) is 0 Å². The van der Waals surface area contributed by atoms with E-state index in [4.69, 9.17) is 15.0 Å². The molecule has 2 aromatic heterocycles. The van der Waals surface area contributed by atoms with Gasteiger partial charge in [-0.2, -0.15) is 9.97 Å². The van der Waals surface area contributed by atoms with Crippen LogP contribution in [0.4, 0.5) is 68.2 Å². The van der Waals surface area contributed by atoms with Crippen LogP contribution < -0.4 is 19.6 Å². The van der Waals surface area contributed by atoms with E-state index in [-0.39, 0.29) is 0 Å². The van der Waals surface area contributed by atoms with Crippen LogP contribution >= 0.6 is 0 Å². The number of hydrogen-bond donors (Lipinski definition) is 0. The minimum Gasteiger partial charge on any atom is -0.310 e. The molecule has 0 N–H and O–H groups in total. The first-order chi connectivity index (χ1) is 50.6. The van der Waals surface area contributed by atoms with Crippen molar-refractivity contribution < 1.29 is 0 Å². The third-order valence-electron chi connectivity index (χ3n) is 19.5. The highest BCUT2D eigenvalue weighted by atomic mass is 15.2. The molecule has 15 aromatic carbocycles. The molecule has 0 saturated carbocycles. The Morgan fingerprint density at radius 1 is 0.216 bits per heavy atom. The van der Waals surface area contributed by atoms with Crippen molar-refractivity contribution in [1.29, 1.82) is 0 Å². The molecule has 0 bridgehead atoms. The fraction of sp³-hybridized carbons (Fsp3) is 0.0106. The van der Waals surface area contributed by atoms with E-state index >= 15 is 0 Å². The van der Waals surface area contributed by atoms with Gasteiger partial charge in [-0.05, 0) is 185 Å². The normalized spacial score (nSPS) is 12.0. The van der Waals surface area contributed by atoms with Crippen LogP contribution in [0.15, 0.2) is 400 Å². The molecule has 0 fully saturated rings. The summed E-state index contributed by atoms with van der Waals surface area (Å²) in [7, 11) is 0. The SMILES string of the molecule is c1ccc(-c2nc(-c3ccccc3)nc(-n3c4ccccc4c4cc5c(cc43)-c3ccccc3C5(c3cc(N(c4ccccc4)c4ccccc4)cc(N(c4ccccc4)c4ccccc4)c3)c3cc(N(c4ccccc4)c4ccccc4)cc(N(c4ccccc4)c4ccccc4)c3)n2)cc1. The predicted molar refractivity (Wildman–Crippen MR) is 421 cm³/mol. The molecular weight excluding hydrogens is 1240 g/mol. The lowest BCUT2D eigenvalue weighted by Gasteiger charge is -2.38. The summed E-state index contributed by atoms with van der Waals surface area (Å²) in [5.74, 6) is 1.69. The van der Waals surface area contributed by atoms with Gasteiger partial charge in [-0.15, -0.1) is 0 Å². The monoisotopic (exact) mass is 1310 g/mol. The van der Waals surface area contributed by atoms with E-state index in [1.807, 2.05) is 36.4 Å². The Labute approximate surface area is 593 Å². The number of fused-ring (bicyclic) bond motifs is 6. The second-order valence-corrected chi connectivity index (χ2v) is 25.6. The van der Waals surface area contributed by atoms with E-state index in [0.29, 0.717) is 17.6 Å². The van der Waals surface area contributed by atoms with Crippen LogP contribution in [0.3, 0.4) is 0 Å². The summed E-state index contributed by atoms with van der Waals surface area (Å²) in [5.41, 5.74) is 21.2. The van der Waals surface area contributed by atoms with E-state index in [9.17, 15) is 0 Å². The summed E-state index contributed by atoms with van der Waals surface area (Å²) in [4.78, 5) is 25.8. The number of hydrogen-bond acceptors (Lipinski definition) is 7. The van der Waals surface area contributed by atoms with E-state index < -0.39 is 5.41 Å². The molecule has 0 unspecified atom stereocenters. The Balaban J connectivity index is 1.02. The zero-order valence-electron chi connectivity index (χ0n) is 55.7. The topological polar surface area (TPSA) is 56.6 Å². The number of para-hydroxylation sites is 9. The van der Waals surface area contributed by atoms with Gasteiger partial charge in [0.1, 0.15) is 0 Å². The van der Waals surface area contributed by atoms with Crippen LogP contribution in [0.25, 0.3) is 61.7 Å². The first-order valence-electron chi connectivity index (χ1n) is 34.6. The number of benzene rings is 15. The van der Waals surface area contributed by atoms with Crippen molar-refractivity contribution in [3.05, 3.63) is 423 Å². The van der Waals surface area contributed by atoms with Gasteiger partial charge in [0.2, 0.25) is 5.95 Å².